The average molecular weight is 279 g/mol. The number of rotatable bonds is 4. The Balaban J connectivity index is 1.40. The molecule has 0 aromatic rings. The number of hydrogen-bond acceptors (Lipinski definition) is 3. The molecule has 0 amide bonds. The Morgan fingerprint density at radius 2 is 1.65 bits per heavy atom. The van der Waals surface area contributed by atoms with Crippen LogP contribution in [0.5, 0.6) is 0 Å². The van der Waals surface area contributed by atoms with Crippen LogP contribution in [0.25, 0.3) is 0 Å². The Hall–Kier alpha value is -0.120. The molecule has 1 N–H and O–H groups in total. The summed E-state index contributed by atoms with van der Waals surface area (Å²) in [6.45, 7) is 10.0. The average Bonchev–Trinajstić information content (AvgIpc) is 2.49. The van der Waals surface area contributed by atoms with Crippen molar-refractivity contribution in [3.8, 4) is 0 Å². The van der Waals surface area contributed by atoms with Gasteiger partial charge >= 0.3 is 0 Å². The van der Waals surface area contributed by atoms with Gasteiger partial charge in [0, 0.05) is 44.8 Å². The van der Waals surface area contributed by atoms with E-state index in [0.29, 0.717) is 0 Å². The molecule has 3 rings (SSSR count). The highest BCUT2D eigenvalue weighted by molar-refractivity contribution is 4.90. The zero-order valence-electron chi connectivity index (χ0n) is 13.3. The molecule has 0 spiro atoms. The molecule has 1 saturated carbocycles. The highest BCUT2D eigenvalue weighted by atomic mass is 15.3. The molecule has 20 heavy (non-hydrogen) atoms. The normalized spacial score (nSPS) is 36.8. The standard InChI is InChI=1S/C17H33N3/c1-2-9-19-10-12-20(13-11-19)14-16-8-7-15-5-3-4-6-17(15)18-16/h15-18H,2-14H2,1H3. The van der Waals surface area contributed by atoms with Crippen LogP contribution < -0.4 is 5.32 Å². The second-order valence-corrected chi connectivity index (χ2v) is 7.23. The van der Waals surface area contributed by atoms with E-state index in [1.54, 1.807) is 0 Å². The lowest BCUT2D eigenvalue weighted by Crippen LogP contribution is -2.55. The smallest absolute Gasteiger partial charge is 0.0197 e. The topological polar surface area (TPSA) is 18.5 Å². The Labute approximate surface area is 125 Å². The molecule has 3 aliphatic rings. The van der Waals surface area contributed by atoms with Crippen molar-refractivity contribution in [2.45, 2.75) is 64.0 Å². The van der Waals surface area contributed by atoms with Gasteiger partial charge in [-0.25, -0.2) is 0 Å². The molecule has 3 heteroatoms. The van der Waals surface area contributed by atoms with Gasteiger partial charge in [0.05, 0.1) is 0 Å². The predicted molar refractivity (Wildman–Crippen MR) is 85.1 cm³/mol. The summed E-state index contributed by atoms with van der Waals surface area (Å²) < 4.78 is 0. The van der Waals surface area contributed by atoms with Gasteiger partial charge in [-0.2, -0.15) is 0 Å². The minimum absolute atomic E-state index is 0.770. The third-order valence-electron chi connectivity index (χ3n) is 5.73. The van der Waals surface area contributed by atoms with E-state index in [1.807, 2.05) is 0 Å². The molecule has 2 saturated heterocycles. The molecule has 3 atom stereocenters. The van der Waals surface area contributed by atoms with Gasteiger partial charge in [-0.15, -0.1) is 0 Å². The van der Waals surface area contributed by atoms with E-state index in [-0.39, 0.29) is 0 Å². The lowest BCUT2D eigenvalue weighted by atomic mass is 9.77. The second-order valence-electron chi connectivity index (χ2n) is 7.23. The molecule has 1 aliphatic carbocycles. The van der Waals surface area contributed by atoms with Crippen LogP contribution >= 0.6 is 0 Å². The summed E-state index contributed by atoms with van der Waals surface area (Å²) in [7, 11) is 0. The number of hydrogen-bond donors (Lipinski definition) is 1. The number of piperazine rings is 1. The molecule has 2 aliphatic heterocycles. The third kappa shape index (κ3) is 3.75. The highest BCUT2D eigenvalue weighted by Crippen LogP contribution is 2.32. The van der Waals surface area contributed by atoms with Crippen LogP contribution in [0.3, 0.4) is 0 Å². The van der Waals surface area contributed by atoms with Crippen molar-refractivity contribution in [1.82, 2.24) is 15.1 Å². The van der Waals surface area contributed by atoms with Crippen LogP contribution in [-0.2, 0) is 0 Å². The molecule has 0 aromatic carbocycles. The summed E-state index contributed by atoms with van der Waals surface area (Å²) >= 11 is 0. The van der Waals surface area contributed by atoms with Gasteiger partial charge in [0.2, 0.25) is 0 Å². The number of piperidine rings is 1. The number of fused-ring (bicyclic) bond motifs is 1. The fourth-order valence-corrected chi connectivity index (χ4v) is 4.54. The first-order valence-corrected chi connectivity index (χ1v) is 9.06. The van der Waals surface area contributed by atoms with E-state index < -0.39 is 0 Å². The van der Waals surface area contributed by atoms with E-state index in [0.717, 1.165) is 18.0 Å². The maximum Gasteiger partial charge on any atom is 0.0197 e. The van der Waals surface area contributed by atoms with E-state index in [1.165, 1.54) is 84.2 Å². The summed E-state index contributed by atoms with van der Waals surface area (Å²) in [5.41, 5.74) is 0. The highest BCUT2D eigenvalue weighted by Gasteiger charge is 2.32. The van der Waals surface area contributed by atoms with Crippen LogP contribution in [0, 0.1) is 5.92 Å². The lowest BCUT2D eigenvalue weighted by molar-refractivity contribution is 0.0998. The van der Waals surface area contributed by atoms with Crippen molar-refractivity contribution in [3.63, 3.8) is 0 Å². The SMILES string of the molecule is CCCN1CCN(CC2CCC3CCCCC3N2)CC1. The fourth-order valence-electron chi connectivity index (χ4n) is 4.54. The van der Waals surface area contributed by atoms with Gasteiger partial charge in [-0.05, 0) is 44.6 Å². The minimum Gasteiger partial charge on any atom is -0.310 e. The maximum atomic E-state index is 3.98. The molecule has 3 unspecified atom stereocenters. The Morgan fingerprint density at radius 1 is 0.900 bits per heavy atom. The Bertz CT molecular complexity index is 286. The first-order valence-electron chi connectivity index (χ1n) is 9.06. The third-order valence-corrected chi connectivity index (χ3v) is 5.73. The van der Waals surface area contributed by atoms with E-state index >= 15 is 0 Å². The predicted octanol–water partition coefficient (Wildman–Crippen LogP) is 2.32. The summed E-state index contributed by atoms with van der Waals surface area (Å²) in [5.74, 6) is 1.00. The molecule has 3 nitrogen and oxygen atoms in total. The van der Waals surface area contributed by atoms with Crippen molar-refractivity contribution in [1.29, 1.82) is 0 Å². The Kier molecular flexibility index (Phi) is 5.36. The van der Waals surface area contributed by atoms with Crippen LogP contribution in [0.4, 0.5) is 0 Å². The lowest BCUT2D eigenvalue weighted by Gasteiger charge is -2.43. The summed E-state index contributed by atoms with van der Waals surface area (Å²) in [6.07, 6.45) is 10.1. The molecular weight excluding hydrogens is 246 g/mol. The molecule has 2 heterocycles. The molecule has 3 fully saturated rings. The first kappa shape index (κ1) is 14.8. The molecule has 0 radical (unpaired) electrons. The zero-order valence-corrected chi connectivity index (χ0v) is 13.3. The van der Waals surface area contributed by atoms with Crippen molar-refractivity contribution in [2.24, 2.45) is 5.92 Å². The van der Waals surface area contributed by atoms with Crippen LogP contribution in [0.1, 0.15) is 51.9 Å². The first-order chi connectivity index (χ1) is 9.85. The van der Waals surface area contributed by atoms with Gasteiger partial charge in [0.1, 0.15) is 0 Å². The quantitative estimate of drug-likeness (QED) is 0.852. The zero-order chi connectivity index (χ0) is 13.8. The van der Waals surface area contributed by atoms with Crippen LogP contribution in [0.2, 0.25) is 0 Å². The van der Waals surface area contributed by atoms with Gasteiger partial charge in [0.15, 0.2) is 0 Å². The summed E-state index contributed by atoms with van der Waals surface area (Å²) in [5, 5.41) is 3.98. The van der Waals surface area contributed by atoms with Crippen molar-refractivity contribution in [2.75, 3.05) is 39.3 Å². The molecule has 116 valence electrons. The van der Waals surface area contributed by atoms with Crippen LogP contribution in [-0.4, -0.2) is 61.2 Å². The van der Waals surface area contributed by atoms with Gasteiger partial charge < -0.3 is 10.2 Å². The molecular formula is C17H33N3. The van der Waals surface area contributed by atoms with E-state index in [2.05, 4.69) is 22.0 Å². The number of nitrogens with one attached hydrogen (secondary N) is 1. The van der Waals surface area contributed by atoms with Gasteiger partial charge in [0.25, 0.3) is 0 Å². The summed E-state index contributed by atoms with van der Waals surface area (Å²) in [6, 6.07) is 1.62. The van der Waals surface area contributed by atoms with Gasteiger partial charge in [-0.3, -0.25) is 4.90 Å². The molecule has 0 aromatic heterocycles. The Morgan fingerprint density at radius 3 is 2.45 bits per heavy atom. The fraction of sp³-hybridized carbons (Fsp3) is 1.00. The molecule has 0 bridgehead atoms. The van der Waals surface area contributed by atoms with Crippen molar-refractivity contribution in [3.05, 3.63) is 0 Å². The summed E-state index contributed by atoms with van der Waals surface area (Å²) in [4.78, 5) is 5.33. The van der Waals surface area contributed by atoms with E-state index in [9.17, 15) is 0 Å². The minimum atomic E-state index is 0.770. The maximum absolute atomic E-state index is 3.98. The second kappa shape index (κ2) is 7.24. The van der Waals surface area contributed by atoms with E-state index in [4.69, 9.17) is 0 Å². The van der Waals surface area contributed by atoms with Crippen molar-refractivity contribution < 1.29 is 0 Å². The monoisotopic (exact) mass is 279 g/mol. The largest absolute Gasteiger partial charge is 0.310 e. The van der Waals surface area contributed by atoms with Crippen LogP contribution in [0.15, 0.2) is 0 Å². The van der Waals surface area contributed by atoms with Gasteiger partial charge in [-0.1, -0.05) is 19.8 Å². The van der Waals surface area contributed by atoms with Crippen molar-refractivity contribution >= 4 is 0 Å². The number of nitrogens with zero attached hydrogens (tertiary/aromatic N) is 2.